The van der Waals surface area contributed by atoms with Gasteiger partial charge in [-0.1, -0.05) is 18.2 Å². The van der Waals surface area contributed by atoms with Gasteiger partial charge in [0.2, 0.25) is 5.75 Å². The van der Waals surface area contributed by atoms with Crippen LogP contribution in [0.2, 0.25) is 0 Å². The Morgan fingerprint density at radius 3 is 2.37 bits per heavy atom. The summed E-state index contributed by atoms with van der Waals surface area (Å²) in [7, 11) is 4.50. The Morgan fingerprint density at radius 1 is 1.07 bits per heavy atom. The second-order valence-electron chi connectivity index (χ2n) is 5.82. The fraction of sp³-hybridized carbons (Fsp3) is 0.200. The number of aromatic nitrogens is 1. The first-order valence-corrected chi connectivity index (χ1v) is 8.29. The van der Waals surface area contributed by atoms with Gasteiger partial charge in [0.25, 0.3) is 5.91 Å². The van der Waals surface area contributed by atoms with Crippen molar-refractivity contribution in [1.29, 1.82) is 0 Å². The molecule has 1 aromatic heterocycles. The lowest BCUT2D eigenvalue weighted by Gasteiger charge is -2.13. The third-order valence-corrected chi connectivity index (χ3v) is 4.23. The molecule has 1 heterocycles. The molecule has 2 N–H and O–H groups in total. The van der Waals surface area contributed by atoms with Gasteiger partial charge in [0.1, 0.15) is 0 Å². The molecular weight excluding hydrogens is 346 g/mol. The van der Waals surface area contributed by atoms with E-state index in [0.717, 1.165) is 22.2 Å². The van der Waals surface area contributed by atoms with Crippen LogP contribution in [-0.2, 0) is 0 Å². The highest BCUT2D eigenvalue weighted by molar-refractivity contribution is 6.01. The van der Waals surface area contributed by atoms with E-state index in [1.807, 2.05) is 31.2 Å². The maximum absolute atomic E-state index is 12.5. The van der Waals surface area contributed by atoms with Crippen molar-refractivity contribution >= 4 is 23.0 Å². The summed E-state index contributed by atoms with van der Waals surface area (Å²) >= 11 is 0. The number of hydrogen-bond acceptors (Lipinski definition) is 5. The summed E-state index contributed by atoms with van der Waals surface area (Å²) in [5.74, 6) is 0.842. The van der Waals surface area contributed by atoms with Crippen LogP contribution >= 0.6 is 0 Å². The highest BCUT2D eigenvalue weighted by Crippen LogP contribution is 2.38. The van der Waals surface area contributed by atoms with E-state index >= 15 is 0 Å². The Balaban J connectivity index is 1.83. The average molecular weight is 367 g/mol. The second-order valence-corrected chi connectivity index (χ2v) is 5.82. The van der Waals surface area contributed by atoms with Crippen LogP contribution in [0, 0.1) is 6.92 Å². The van der Waals surface area contributed by atoms with E-state index in [1.54, 1.807) is 18.3 Å². The predicted molar refractivity (Wildman–Crippen MR) is 104 cm³/mol. The SMILES string of the molecule is COc1cc(C(=O)NN=Cc2c(C)[nH]c3ccccc23)cc(OC)c1OC. The van der Waals surface area contributed by atoms with Crippen LogP contribution in [0.1, 0.15) is 21.6 Å². The molecule has 0 saturated heterocycles. The molecule has 3 rings (SSSR count). The second kappa shape index (κ2) is 7.82. The molecule has 2 aromatic carbocycles. The first kappa shape index (κ1) is 18.3. The molecule has 7 nitrogen and oxygen atoms in total. The number of H-pyrrole nitrogens is 1. The number of rotatable bonds is 6. The molecule has 0 radical (unpaired) electrons. The van der Waals surface area contributed by atoms with Crippen molar-refractivity contribution < 1.29 is 19.0 Å². The van der Waals surface area contributed by atoms with Gasteiger partial charge >= 0.3 is 0 Å². The number of hydrogen-bond donors (Lipinski definition) is 2. The molecule has 0 saturated carbocycles. The van der Waals surface area contributed by atoms with Gasteiger partial charge in [-0.05, 0) is 25.1 Å². The summed E-state index contributed by atoms with van der Waals surface area (Å²) in [5, 5.41) is 5.14. The quantitative estimate of drug-likeness (QED) is 0.517. The van der Waals surface area contributed by atoms with E-state index in [2.05, 4.69) is 15.5 Å². The van der Waals surface area contributed by atoms with Crippen LogP contribution in [0.5, 0.6) is 17.2 Å². The van der Waals surface area contributed by atoms with E-state index in [9.17, 15) is 4.79 Å². The number of amides is 1. The van der Waals surface area contributed by atoms with Crippen LogP contribution in [0.15, 0.2) is 41.5 Å². The summed E-state index contributed by atoms with van der Waals surface area (Å²) in [4.78, 5) is 15.8. The molecule has 27 heavy (non-hydrogen) atoms. The van der Waals surface area contributed by atoms with E-state index in [-0.39, 0.29) is 5.91 Å². The number of nitrogens with zero attached hydrogens (tertiary/aromatic N) is 1. The molecule has 3 aromatic rings. The van der Waals surface area contributed by atoms with Gasteiger partial charge in [-0.25, -0.2) is 5.43 Å². The van der Waals surface area contributed by atoms with Crippen molar-refractivity contribution in [3.8, 4) is 17.2 Å². The first-order valence-electron chi connectivity index (χ1n) is 8.29. The van der Waals surface area contributed by atoms with Gasteiger partial charge in [0, 0.05) is 27.7 Å². The minimum atomic E-state index is -0.386. The first-order chi connectivity index (χ1) is 13.1. The van der Waals surface area contributed by atoms with Crippen LogP contribution in [0.25, 0.3) is 10.9 Å². The number of hydrazone groups is 1. The van der Waals surface area contributed by atoms with Crippen molar-refractivity contribution in [2.24, 2.45) is 5.10 Å². The molecule has 0 aliphatic carbocycles. The summed E-state index contributed by atoms with van der Waals surface area (Å²) in [6.07, 6.45) is 1.63. The van der Waals surface area contributed by atoms with E-state index in [4.69, 9.17) is 14.2 Å². The van der Waals surface area contributed by atoms with E-state index in [0.29, 0.717) is 22.8 Å². The lowest BCUT2D eigenvalue weighted by Crippen LogP contribution is -2.18. The zero-order valence-corrected chi connectivity index (χ0v) is 15.6. The standard InChI is InChI=1S/C20H21N3O4/c1-12-15(14-7-5-6-8-16(14)22-12)11-21-23-20(24)13-9-17(25-2)19(27-4)18(10-13)26-3/h5-11,22H,1-4H3,(H,23,24). The molecule has 0 aliphatic heterocycles. The van der Waals surface area contributed by atoms with Crippen molar-refractivity contribution in [2.75, 3.05) is 21.3 Å². The van der Waals surface area contributed by atoms with Gasteiger partial charge < -0.3 is 19.2 Å². The largest absolute Gasteiger partial charge is 0.493 e. The Labute approximate surface area is 156 Å². The highest BCUT2D eigenvalue weighted by atomic mass is 16.5. The monoisotopic (exact) mass is 367 g/mol. The molecule has 0 unspecified atom stereocenters. The van der Waals surface area contributed by atoms with Crippen molar-refractivity contribution in [2.45, 2.75) is 6.92 Å². The highest BCUT2D eigenvalue weighted by Gasteiger charge is 2.16. The topological polar surface area (TPSA) is 84.9 Å². The predicted octanol–water partition coefficient (Wildman–Crippen LogP) is 3.27. The Hall–Kier alpha value is -3.48. The Morgan fingerprint density at radius 2 is 1.74 bits per heavy atom. The number of methoxy groups -OCH3 is 3. The van der Waals surface area contributed by atoms with Gasteiger partial charge in [-0.3, -0.25) is 4.79 Å². The number of para-hydroxylation sites is 1. The number of aryl methyl sites for hydroxylation is 1. The van der Waals surface area contributed by atoms with Gasteiger partial charge in [-0.2, -0.15) is 5.10 Å². The maximum Gasteiger partial charge on any atom is 0.271 e. The molecule has 1 amide bonds. The zero-order chi connectivity index (χ0) is 19.4. The Bertz CT molecular complexity index is 983. The van der Waals surface area contributed by atoms with Gasteiger partial charge in [0.15, 0.2) is 11.5 Å². The van der Waals surface area contributed by atoms with E-state index in [1.165, 1.54) is 21.3 Å². The average Bonchev–Trinajstić information content (AvgIpc) is 3.01. The van der Waals surface area contributed by atoms with Crippen LogP contribution in [0.4, 0.5) is 0 Å². The molecule has 7 heteroatoms. The van der Waals surface area contributed by atoms with Crippen LogP contribution in [0.3, 0.4) is 0 Å². The lowest BCUT2D eigenvalue weighted by molar-refractivity contribution is 0.0954. The fourth-order valence-electron chi connectivity index (χ4n) is 2.90. The molecule has 0 atom stereocenters. The molecule has 0 spiro atoms. The third kappa shape index (κ3) is 3.57. The van der Waals surface area contributed by atoms with Gasteiger partial charge in [-0.15, -0.1) is 0 Å². The number of carbonyl (C=O) groups is 1. The maximum atomic E-state index is 12.5. The van der Waals surface area contributed by atoms with E-state index < -0.39 is 0 Å². The Kier molecular flexibility index (Phi) is 5.30. The van der Waals surface area contributed by atoms with Crippen molar-refractivity contribution in [3.63, 3.8) is 0 Å². The minimum absolute atomic E-state index is 0.345. The normalized spacial score (nSPS) is 11.0. The van der Waals surface area contributed by atoms with Crippen LogP contribution in [-0.4, -0.2) is 38.4 Å². The number of ether oxygens (including phenoxy) is 3. The summed E-state index contributed by atoms with van der Waals surface area (Å²) in [6, 6.07) is 11.1. The van der Waals surface area contributed by atoms with Crippen LogP contribution < -0.4 is 19.6 Å². The van der Waals surface area contributed by atoms with Crippen molar-refractivity contribution in [1.82, 2.24) is 10.4 Å². The number of benzene rings is 2. The summed E-state index contributed by atoms with van der Waals surface area (Å²) < 4.78 is 15.8. The molecule has 0 bridgehead atoms. The smallest absolute Gasteiger partial charge is 0.271 e. The summed E-state index contributed by atoms with van der Waals surface area (Å²) in [5.41, 5.74) is 5.80. The third-order valence-electron chi connectivity index (χ3n) is 4.23. The molecule has 140 valence electrons. The lowest BCUT2D eigenvalue weighted by atomic mass is 10.1. The van der Waals surface area contributed by atoms with Gasteiger partial charge in [0.05, 0.1) is 27.5 Å². The summed E-state index contributed by atoms with van der Waals surface area (Å²) in [6.45, 7) is 1.96. The number of nitrogens with one attached hydrogen (secondary N) is 2. The molecular formula is C20H21N3O4. The molecule has 0 fully saturated rings. The van der Waals surface area contributed by atoms with Crippen molar-refractivity contribution in [3.05, 3.63) is 53.2 Å². The molecule has 0 aliphatic rings. The number of carbonyl (C=O) groups excluding carboxylic acids is 1. The fourth-order valence-corrected chi connectivity index (χ4v) is 2.90. The minimum Gasteiger partial charge on any atom is -0.493 e. The zero-order valence-electron chi connectivity index (χ0n) is 15.6. The number of aromatic amines is 1. The number of fused-ring (bicyclic) bond motifs is 1.